The van der Waals surface area contributed by atoms with Crippen LogP contribution < -0.4 is 10.6 Å². The fraction of sp³-hybridized carbons (Fsp3) is 0.349. The molecule has 6 aromatic rings. The van der Waals surface area contributed by atoms with Gasteiger partial charge in [0.25, 0.3) is 0 Å². The van der Waals surface area contributed by atoms with Crippen LogP contribution in [0, 0.1) is 26.6 Å². The van der Waals surface area contributed by atoms with Crippen LogP contribution in [-0.4, -0.2) is 83.7 Å². The Bertz CT molecular complexity index is 2270. The largest absolute Gasteiger partial charge is 0.378 e. The molecule has 0 saturated carbocycles. The van der Waals surface area contributed by atoms with Crippen molar-refractivity contribution in [1.29, 1.82) is 0 Å². The van der Waals surface area contributed by atoms with Crippen LogP contribution in [0.2, 0.25) is 5.02 Å². The van der Waals surface area contributed by atoms with Crippen molar-refractivity contribution in [2.24, 2.45) is 4.99 Å². The Balaban J connectivity index is 0.000000206. The summed E-state index contributed by atoms with van der Waals surface area (Å²) >= 11 is 7.80. The van der Waals surface area contributed by atoms with Crippen molar-refractivity contribution in [1.82, 2.24) is 30.0 Å². The van der Waals surface area contributed by atoms with Gasteiger partial charge in [-0.1, -0.05) is 48.0 Å². The van der Waals surface area contributed by atoms with Gasteiger partial charge in [-0.15, -0.1) is 21.5 Å². The van der Waals surface area contributed by atoms with Crippen molar-refractivity contribution in [3.63, 3.8) is 0 Å². The van der Waals surface area contributed by atoms with Gasteiger partial charge in [-0.25, -0.2) is 4.39 Å². The number of thiophene rings is 1. The molecule has 0 fully saturated rings. The number of nitrogens with zero attached hydrogens (tertiary/aromatic N) is 5. The molecule has 1 amide bonds. The lowest BCUT2D eigenvalue weighted by molar-refractivity contribution is -0.119. The highest BCUT2D eigenvalue weighted by Gasteiger charge is 2.26. The van der Waals surface area contributed by atoms with Gasteiger partial charge in [-0.05, 0) is 73.9 Å². The molecule has 300 valence electrons. The second-order valence-corrected chi connectivity index (χ2v) is 15.2. The summed E-state index contributed by atoms with van der Waals surface area (Å²) < 4.78 is 33.9. The monoisotopic (exact) mass is 813 g/mol. The highest BCUT2D eigenvalue weighted by atomic mass is 35.5. The number of hydrogen-bond donors (Lipinski definition) is 2. The molecule has 4 heterocycles. The van der Waals surface area contributed by atoms with E-state index < -0.39 is 0 Å². The number of aromatic nitrogens is 4. The maximum absolute atomic E-state index is 13.2. The first-order valence-electron chi connectivity index (χ1n) is 19.0. The highest BCUT2D eigenvalue weighted by Crippen LogP contribution is 2.36. The zero-order valence-electron chi connectivity index (χ0n) is 32.8. The van der Waals surface area contributed by atoms with Crippen molar-refractivity contribution in [2.45, 2.75) is 47.3 Å². The molecule has 0 unspecified atom stereocenters. The average molecular weight is 814 g/mol. The van der Waals surface area contributed by atoms with E-state index in [1.807, 2.05) is 43.3 Å². The summed E-state index contributed by atoms with van der Waals surface area (Å²) in [4.78, 5) is 16.9. The summed E-state index contributed by atoms with van der Waals surface area (Å²) in [6, 6.07) is 22.9. The Labute approximate surface area is 341 Å². The molecule has 14 heteroatoms. The van der Waals surface area contributed by atoms with Crippen LogP contribution >= 0.6 is 22.9 Å². The molecule has 3 aromatic carbocycles. The van der Waals surface area contributed by atoms with Gasteiger partial charge in [0, 0.05) is 71.2 Å². The molecular weight excluding hydrogens is 765 g/mol. The van der Waals surface area contributed by atoms with Gasteiger partial charge >= 0.3 is 0 Å². The minimum Gasteiger partial charge on any atom is -0.378 e. The number of benzene rings is 3. The number of nitrogens with one attached hydrogen (secondary N) is 2. The number of rotatable bonds is 17. The standard InChI is InChI=1S/C26H34FN3O4.C17H15ClN4S/c1-21(31)29-11-14-33-16-18-34-17-15-32-13-10-28-19-23-3-2-4-26-25(23)9-12-30(26)20-22-5-7-24(27)8-6-22;1-9-10(2)23-17-15(9)16(12-4-6-13(18)7-5-12)19-8-14-21-20-11(3)22(14)17/h2-9,12,28H,10-11,13-20H2,1H3,(H,29,31);4-7H,8H2,1-3H3. The summed E-state index contributed by atoms with van der Waals surface area (Å²) in [6.07, 6.45) is 2.08. The first-order chi connectivity index (χ1) is 27.7. The van der Waals surface area contributed by atoms with Crippen LogP contribution in [0.4, 0.5) is 4.39 Å². The highest BCUT2D eigenvalue weighted by molar-refractivity contribution is 7.15. The minimum atomic E-state index is -0.216. The Morgan fingerprint density at radius 2 is 1.58 bits per heavy atom. The molecular formula is C43H49ClFN7O4S. The number of aryl methyl sites for hydroxylation is 2. The topological polar surface area (TPSA) is 117 Å². The molecule has 0 aliphatic carbocycles. The van der Waals surface area contributed by atoms with E-state index in [1.54, 1.807) is 11.3 Å². The lowest BCUT2D eigenvalue weighted by Gasteiger charge is -2.10. The number of hydrogen-bond acceptors (Lipinski definition) is 9. The molecule has 0 bridgehead atoms. The molecule has 1 aliphatic rings. The molecule has 2 N–H and O–H groups in total. The number of fused-ring (bicyclic) bond motifs is 4. The molecule has 1 aliphatic heterocycles. The second-order valence-electron chi connectivity index (χ2n) is 13.6. The van der Waals surface area contributed by atoms with E-state index in [0.717, 1.165) is 57.1 Å². The van der Waals surface area contributed by atoms with E-state index in [0.29, 0.717) is 59.3 Å². The van der Waals surface area contributed by atoms with Crippen molar-refractivity contribution < 1.29 is 23.4 Å². The van der Waals surface area contributed by atoms with Gasteiger partial charge in [0.15, 0.2) is 5.82 Å². The molecule has 11 nitrogen and oxygen atoms in total. The number of carbonyl (C=O) groups excluding carboxylic acids is 1. The van der Waals surface area contributed by atoms with E-state index >= 15 is 0 Å². The number of ether oxygens (including phenoxy) is 3. The lowest BCUT2D eigenvalue weighted by atomic mass is 10.00. The number of carbonyl (C=O) groups is 1. The third kappa shape index (κ3) is 11.2. The van der Waals surface area contributed by atoms with Gasteiger partial charge in [0.05, 0.1) is 45.4 Å². The molecule has 0 spiro atoms. The molecule has 7 rings (SSSR count). The van der Waals surface area contributed by atoms with Crippen LogP contribution in [-0.2, 0) is 38.6 Å². The van der Waals surface area contributed by atoms with Gasteiger partial charge in [0.1, 0.15) is 23.2 Å². The van der Waals surface area contributed by atoms with E-state index in [-0.39, 0.29) is 11.7 Å². The van der Waals surface area contributed by atoms with Crippen molar-refractivity contribution in [2.75, 3.05) is 52.7 Å². The lowest BCUT2D eigenvalue weighted by Crippen LogP contribution is -2.25. The third-order valence-corrected chi connectivity index (χ3v) is 10.9. The molecule has 0 radical (unpaired) electrons. The van der Waals surface area contributed by atoms with Gasteiger partial charge < -0.3 is 29.4 Å². The maximum atomic E-state index is 13.2. The van der Waals surface area contributed by atoms with E-state index in [2.05, 4.69) is 74.3 Å². The van der Waals surface area contributed by atoms with Crippen LogP contribution in [0.15, 0.2) is 84.0 Å². The van der Waals surface area contributed by atoms with Crippen molar-refractivity contribution in [3.05, 3.63) is 134 Å². The minimum absolute atomic E-state index is 0.0545. The van der Waals surface area contributed by atoms with Gasteiger partial charge in [-0.3, -0.25) is 14.4 Å². The predicted octanol–water partition coefficient (Wildman–Crippen LogP) is 7.36. The van der Waals surface area contributed by atoms with Crippen molar-refractivity contribution >= 4 is 45.5 Å². The Morgan fingerprint density at radius 3 is 2.30 bits per heavy atom. The quantitative estimate of drug-likeness (QED) is 0.0925. The first-order valence-corrected chi connectivity index (χ1v) is 20.2. The van der Waals surface area contributed by atoms with Crippen molar-refractivity contribution in [3.8, 4) is 5.00 Å². The zero-order chi connectivity index (χ0) is 40.1. The fourth-order valence-corrected chi connectivity index (χ4v) is 7.82. The van der Waals surface area contributed by atoms with E-state index in [4.69, 9.17) is 30.8 Å². The van der Waals surface area contributed by atoms with Crippen LogP contribution in [0.25, 0.3) is 15.9 Å². The average Bonchev–Trinajstić information content (AvgIpc) is 3.84. The number of aliphatic imine (C=N–C) groups is 1. The van der Waals surface area contributed by atoms with Crippen LogP contribution in [0.3, 0.4) is 0 Å². The van der Waals surface area contributed by atoms with Gasteiger partial charge in [-0.2, -0.15) is 0 Å². The van der Waals surface area contributed by atoms with Gasteiger partial charge in [0.2, 0.25) is 5.91 Å². The summed E-state index contributed by atoms with van der Waals surface area (Å²) in [5.74, 6) is 1.51. The molecule has 57 heavy (non-hydrogen) atoms. The fourth-order valence-electron chi connectivity index (χ4n) is 6.46. The first kappa shape index (κ1) is 41.9. The number of amides is 1. The third-order valence-electron chi connectivity index (χ3n) is 9.47. The maximum Gasteiger partial charge on any atom is 0.216 e. The smallest absolute Gasteiger partial charge is 0.216 e. The second kappa shape index (κ2) is 20.6. The normalized spacial score (nSPS) is 12.1. The van der Waals surface area contributed by atoms with Crippen LogP contribution in [0.5, 0.6) is 0 Å². The summed E-state index contributed by atoms with van der Waals surface area (Å²) in [5, 5.41) is 17.7. The summed E-state index contributed by atoms with van der Waals surface area (Å²) in [6.45, 7) is 14.2. The van der Waals surface area contributed by atoms with E-state index in [9.17, 15) is 9.18 Å². The molecule has 0 saturated heterocycles. The Kier molecular flexibility index (Phi) is 15.1. The number of halogens is 2. The summed E-state index contributed by atoms with van der Waals surface area (Å²) in [7, 11) is 0. The molecule has 3 aromatic heterocycles. The zero-order valence-corrected chi connectivity index (χ0v) is 34.4. The SMILES string of the molecule is CC(=O)NCCOCCOCCOCCNCc1cccc2c1ccn2Cc1ccc(F)cc1.Cc1sc2c(c1C)C(c1ccc(Cl)cc1)=NCc1nnc(C)n1-2. The molecule has 0 atom stereocenters. The predicted molar refractivity (Wildman–Crippen MR) is 225 cm³/mol. The Hall–Kier alpha value is -4.76. The Morgan fingerprint density at radius 1 is 0.877 bits per heavy atom. The summed E-state index contributed by atoms with van der Waals surface area (Å²) in [5.41, 5.74) is 7.99. The van der Waals surface area contributed by atoms with Crippen LogP contribution in [0.1, 0.15) is 51.3 Å². The van der Waals surface area contributed by atoms with E-state index in [1.165, 1.54) is 46.0 Å².